The monoisotopic (exact) mass is 170 g/mol. The molecule has 0 aromatic heterocycles. The van der Waals surface area contributed by atoms with E-state index in [1.807, 2.05) is 0 Å². The molecular formula is H3O3PSr+4. The average molecular weight is 170 g/mol. The molecule has 5 heavy (non-hydrogen) atoms. The summed E-state index contributed by atoms with van der Waals surface area (Å²) in [5.41, 5.74) is 0. The maximum atomic E-state index is 8.70. The van der Waals surface area contributed by atoms with Crippen LogP contribution in [0.25, 0.3) is 0 Å². The van der Waals surface area contributed by atoms with Crippen LogP contribution < -0.4 is 0 Å². The quantitative estimate of drug-likeness (QED) is 0.375. The molecular weight excluding hydrogens is 167 g/mol. The topological polar surface area (TPSA) is 57.5 Å². The summed E-state index contributed by atoms with van der Waals surface area (Å²) in [7, 11) is -2.87. The van der Waals surface area contributed by atoms with E-state index in [0.29, 0.717) is 0 Å². The summed E-state index contributed by atoms with van der Waals surface area (Å²) in [5.74, 6) is 0. The van der Waals surface area contributed by atoms with Crippen LogP contribution in [0.1, 0.15) is 1.43 Å². The van der Waals surface area contributed by atoms with E-state index in [-0.39, 0.29) is 46.9 Å². The zero-order valence-electron chi connectivity index (χ0n) is 3.46. The molecule has 0 fully saturated rings. The van der Waals surface area contributed by atoms with E-state index in [1.54, 1.807) is 0 Å². The fourth-order valence-corrected chi connectivity index (χ4v) is 0. The van der Waals surface area contributed by atoms with E-state index >= 15 is 0 Å². The molecule has 0 radical (unpaired) electrons. The Kier molecular flexibility index (Phi) is 10.7. The van der Waals surface area contributed by atoms with Crippen molar-refractivity contribution < 1.29 is 15.8 Å². The molecule has 0 aliphatic rings. The predicted molar refractivity (Wildman–Crippen MR) is 18.9 cm³/mol. The van der Waals surface area contributed by atoms with Gasteiger partial charge in [-0.15, -0.1) is 9.79 Å². The van der Waals surface area contributed by atoms with Gasteiger partial charge >= 0.3 is 55.2 Å². The third-order valence-electron chi connectivity index (χ3n) is 0. The van der Waals surface area contributed by atoms with Gasteiger partial charge in [0, 0.05) is 4.57 Å². The predicted octanol–water partition coefficient (Wildman–Crippen LogP) is -0.640. The Morgan fingerprint density at radius 1 is 1.60 bits per heavy atom. The first kappa shape index (κ1) is 9.71. The molecule has 0 spiro atoms. The summed E-state index contributed by atoms with van der Waals surface area (Å²) in [6.45, 7) is 0. The normalized spacial score (nSPS) is 5.20. The van der Waals surface area contributed by atoms with Gasteiger partial charge in [-0.3, -0.25) is 0 Å². The van der Waals surface area contributed by atoms with Crippen LogP contribution in [0.3, 0.4) is 0 Å². The van der Waals surface area contributed by atoms with E-state index in [9.17, 15) is 0 Å². The molecule has 0 atom stereocenters. The van der Waals surface area contributed by atoms with Crippen molar-refractivity contribution in [1.82, 2.24) is 0 Å². The summed E-state index contributed by atoms with van der Waals surface area (Å²) in [4.78, 5) is 14.2. The molecule has 0 heterocycles. The Balaban J connectivity index is -0.0000000450. The summed E-state index contributed by atoms with van der Waals surface area (Å²) >= 11 is 0. The maximum Gasteiger partial charge on any atom is 2.00 e. The SMILES string of the molecule is O=[P+](O)O.[H+].[Sr+2]. The van der Waals surface area contributed by atoms with Crippen LogP contribution in [-0.2, 0) is 4.57 Å². The minimum absolute atomic E-state index is 0. The van der Waals surface area contributed by atoms with E-state index < -0.39 is 8.25 Å². The number of hydrogen-bond acceptors (Lipinski definition) is 1. The Morgan fingerprint density at radius 3 is 1.60 bits per heavy atom. The van der Waals surface area contributed by atoms with Gasteiger partial charge in [0.1, 0.15) is 0 Å². The Hall–Kier alpha value is 1.50. The van der Waals surface area contributed by atoms with Crippen LogP contribution in [0.4, 0.5) is 0 Å². The first-order chi connectivity index (χ1) is 1.73. The first-order valence-electron chi connectivity index (χ1n) is 0.583. The molecule has 0 rings (SSSR count). The third-order valence-corrected chi connectivity index (χ3v) is 0. The van der Waals surface area contributed by atoms with Gasteiger partial charge in [-0.1, -0.05) is 0 Å². The van der Waals surface area contributed by atoms with Gasteiger partial charge in [-0.25, -0.2) is 0 Å². The standard InChI is InChI=1S/HO3P.Sr/c1-4(2)3;/h(H-,1,2,3);/q;+2/p+2. The zero-order chi connectivity index (χ0) is 3.58. The van der Waals surface area contributed by atoms with Gasteiger partial charge < -0.3 is 0 Å². The Bertz CT molecular complexity index is 33.8. The number of hydrogen-bond donors (Lipinski definition) is 2. The van der Waals surface area contributed by atoms with Gasteiger partial charge in [0.05, 0.1) is 0 Å². The van der Waals surface area contributed by atoms with E-state index in [1.165, 1.54) is 0 Å². The minimum atomic E-state index is -2.87. The molecule has 0 aliphatic carbocycles. The molecule has 0 amide bonds. The molecule has 0 aromatic rings. The third kappa shape index (κ3) is 29.9. The number of rotatable bonds is 0. The van der Waals surface area contributed by atoms with Gasteiger partial charge in [0.2, 0.25) is 0 Å². The average Bonchev–Trinajstić information content (AvgIpc) is 0.811. The van der Waals surface area contributed by atoms with Crippen molar-refractivity contribution in [2.24, 2.45) is 0 Å². The van der Waals surface area contributed by atoms with E-state index in [2.05, 4.69) is 0 Å². The Morgan fingerprint density at radius 2 is 1.60 bits per heavy atom. The van der Waals surface area contributed by atoms with Gasteiger partial charge in [-0.05, 0) is 0 Å². The van der Waals surface area contributed by atoms with Crippen LogP contribution in [-0.4, -0.2) is 55.3 Å². The largest absolute Gasteiger partial charge is 2.00 e. The molecule has 24 valence electrons. The summed E-state index contributed by atoms with van der Waals surface area (Å²) in [6, 6.07) is 0. The molecule has 0 bridgehead atoms. The van der Waals surface area contributed by atoms with Crippen molar-refractivity contribution >= 4 is 53.7 Å². The van der Waals surface area contributed by atoms with Crippen LogP contribution in [0, 0.1) is 0 Å². The molecule has 0 aliphatic heterocycles. The molecule has 0 unspecified atom stereocenters. The summed E-state index contributed by atoms with van der Waals surface area (Å²) in [5, 5.41) is 0. The van der Waals surface area contributed by atoms with Crippen LogP contribution in [0.15, 0.2) is 0 Å². The molecule has 0 aromatic carbocycles. The first-order valence-corrected chi connectivity index (χ1v) is 1.75. The second-order valence-electron chi connectivity index (χ2n) is 0.253. The van der Waals surface area contributed by atoms with Crippen molar-refractivity contribution in [1.29, 1.82) is 0 Å². The van der Waals surface area contributed by atoms with Crippen molar-refractivity contribution in [3.8, 4) is 0 Å². The van der Waals surface area contributed by atoms with Crippen molar-refractivity contribution in [2.45, 2.75) is 0 Å². The van der Waals surface area contributed by atoms with Crippen molar-refractivity contribution in [2.75, 3.05) is 0 Å². The molecule has 5 heteroatoms. The van der Waals surface area contributed by atoms with E-state index in [4.69, 9.17) is 14.4 Å². The maximum absolute atomic E-state index is 8.70. The van der Waals surface area contributed by atoms with E-state index in [0.717, 1.165) is 0 Å². The minimum Gasteiger partial charge on any atom is -0.134 e. The summed E-state index contributed by atoms with van der Waals surface area (Å²) in [6.07, 6.45) is 0. The Labute approximate surface area is 68.7 Å². The van der Waals surface area contributed by atoms with Crippen LogP contribution in [0.5, 0.6) is 0 Å². The van der Waals surface area contributed by atoms with Gasteiger partial charge in [0.25, 0.3) is 0 Å². The fraction of sp³-hybridized carbons (Fsp3) is 0. The molecule has 0 saturated heterocycles. The van der Waals surface area contributed by atoms with Crippen molar-refractivity contribution in [3.63, 3.8) is 0 Å². The molecule has 3 nitrogen and oxygen atoms in total. The molecule has 2 N–H and O–H groups in total. The van der Waals surface area contributed by atoms with Crippen molar-refractivity contribution in [3.05, 3.63) is 0 Å². The fourth-order valence-electron chi connectivity index (χ4n) is 0. The van der Waals surface area contributed by atoms with Gasteiger partial charge in [0.15, 0.2) is 0 Å². The second-order valence-corrected chi connectivity index (χ2v) is 0.758. The molecule has 0 saturated carbocycles. The second kappa shape index (κ2) is 5.50. The van der Waals surface area contributed by atoms with Crippen LogP contribution >= 0.6 is 8.25 Å². The smallest absolute Gasteiger partial charge is 0.134 e. The zero-order valence-corrected chi connectivity index (χ0v) is 6.83. The van der Waals surface area contributed by atoms with Crippen LogP contribution in [0.2, 0.25) is 0 Å². The summed E-state index contributed by atoms with van der Waals surface area (Å²) < 4.78 is 8.70. The van der Waals surface area contributed by atoms with Gasteiger partial charge in [-0.2, -0.15) is 0 Å².